The Balaban J connectivity index is 1.28. The highest BCUT2D eigenvalue weighted by molar-refractivity contribution is 5.46. The number of nitrogens with one attached hydrogen (secondary N) is 1. The Morgan fingerprint density at radius 2 is 1.85 bits per heavy atom. The van der Waals surface area contributed by atoms with Crippen LogP contribution in [-0.2, 0) is 13.1 Å². The topological polar surface area (TPSA) is 93.1 Å². The first kappa shape index (κ1) is 17.5. The maximum Gasteiger partial charge on any atom is 0.230 e. The van der Waals surface area contributed by atoms with Crippen LogP contribution in [0.5, 0.6) is 0 Å². The van der Waals surface area contributed by atoms with Crippen molar-refractivity contribution in [2.75, 3.05) is 23.7 Å². The first-order valence-electron chi connectivity index (χ1n) is 9.32. The van der Waals surface area contributed by atoms with Gasteiger partial charge in [0.2, 0.25) is 11.8 Å². The van der Waals surface area contributed by atoms with Gasteiger partial charge in [-0.1, -0.05) is 24.3 Å². The number of anilines is 2. The third-order valence-corrected chi connectivity index (χ3v) is 4.95. The van der Waals surface area contributed by atoms with Crippen LogP contribution in [0.3, 0.4) is 0 Å². The fourth-order valence-electron chi connectivity index (χ4n) is 3.40. The summed E-state index contributed by atoms with van der Waals surface area (Å²) in [6, 6.07) is 13.8. The molecule has 0 spiro atoms. The van der Waals surface area contributed by atoms with Gasteiger partial charge in [0.1, 0.15) is 5.82 Å². The number of rotatable bonds is 6. The van der Waals surface area contributed by atoms with Gasteiger partial charge in [0.05, 0.1) is 6.54 Å². The van der Waals surface area contributed by atoms with Crippen molar-refractivity contribution in [2.24, 2.45) is 0 Å². The maximum atomic E-state index is 5.96. The molecule has 1 fully saturated rings. The summed E-state index contributed by atoms with van der Waals surface area (Å²) in [6.45, 7) is 3.11. The van der Waals surface area contributed by atoms with Gasteiger partial charge in [0.25, 0.3) is 0 Å². The molecule has 0 aliphatic carbocycles. The quantitative estimate of drug-likeness (QED) is 0.650. The van der Waals surface area contributed by atoms with Crippen molar-refractivity contribution in [2.45, 2.75) is 31.8 Å². The van der Waals surface area contributed by atoms with E-state index in [1.165, 1.54) is 0 Å². The minimum atomic E-state index is 0.316. The fraction of sp³-hybridized carbons (Fsp3) is 0.350. The third-order valence-electron chi connectivity index (χ3n) is 4.95. The molecule has 0 unspecified atom stereocenters. The van der Waals surface area contributed by atoms with Crippen molar-refractivity contribution in [1.29, 1.82) is 0 Å². The normalized spacial score (nSPS) is 15.2. The summed E-state index contributed by atoms with van der Waals surface area (Å²) < 4.78 is 5.88. The smallest absolute Gasteiger partial charge is 0.230 e. The largest absolute Gasteiger partial charge is 0.424 e. The standard InChI is InChI=1S/C20H24N6O/c21-17-6-2-1-5-16(17)13-22-14-19-24-25-20(27-19)15-8-11-26(12-9-15)18-7-3-4-10-23-18/h1-7,10,15,22H,8-9,11-14,21H2. The highest BCUT2D eigenvalue weighted by Crippen LogP contribution is 2.28. The lowest BCUT2D eigenvalue weighted by Crippen LogP contribution is -2.33. The van der Waals surface area contributed by atoms with Crippen molar-refractivity contribution < 1.29 is 4.42 Å². The molecule has 0 atom stereocenters. The van der Waals surface area contributed by atoms with Gasteiger partial charge in [-0.2, -0.15) is 0 Å². The van der Waals surface area contributed by atoms with E-state index in [1.54, 1.807) is 0 Å². The van der Waals surface area contributed by atoms with Crippen LogP contribution in [0.15, 0.2) is 53.1 Å². The molecule has 1 aromatic carbocycles. The van der Waals surface area contributed by atoms with Gasteiger partial charge in [-0.15, -0.1) is 10.2 Å². The number of nitrogens with two attached hydrogens (primary N) is 1. The Morgan fingerprint density at radius 3 is 2.63 bits per heavy atom. The Morgan fingerprint density at radius 1 is 1.04 bits per heavy atom. The zero-order valence-corrected chi connectivity index (χ0v) is 15.2. The number of piperidine rings is 1. The number of nitrogen functional groups attached to an aromatic ring is 1. The summed E-state index contributed by atoms with van der Waals surface area (Å²) in [5.74, 6) is 2.71. The van der Waals surface area contributed by atoms with Crippen LogP contribution in [0.2, 0.25) is 0 Å². The molecule has 0 bridgehead atoms. The molecule has 27 heavy (non-hydrogen) atoms. The number of benzene rings is 1. The summed E-state index contributed by atoms with van der Waals surface area (Å²) in [7, 11) is 0. The molecular weight excluding hydrogens is 340 g/mol. The summed E-state index contributed by atoms with van der Waals surface area (Å²) in [5, 5.41) is 11.8. The van der Waals surface area contributed by atoms with Gasteiger partial charge in [-0.3, -0.25) is 0 Å². The van der Waals surface area contributed by atoms with Crippen LogP contribution in [0, 0.1) is 0 Å². The first-order valence-corrected chi connectivity index (χ1v) is 9.32. The molecule has 0 radical (unpaired) electrons. The number of pyridine rings is 1. The summed E-state index contributed by atoms with van der Waals surface area (Å²) in [5.41, 5.74) is 7.81. The summed E-state index contributed by atoms with van der Waals surface area (Å²) in [6.07, 6.45) is 3.82. The van der Waals surface area contributed by atoms with E-state index in [-0.39, 0.29) is 0 Å². The average molecular weight is 364 g/mol. The van der Waals surface area contributed by atoms with Crippen LogP contribution in [0.1, 0.15) is 36.1 Å². The van der Waals surface area contributed by atoms with E-state index in [1.807, 2.05) is 42.6 Å². The van der Waals surface area contributed by atoms with E-state index in [4.69, 9.17) is 10.2 Å². The number of aromatic nitrogens is 3. The van der Waals surface area contributed by atoms with Gasteiger partial charge in [-0.05, 0) is 36.6 Å². The Hall–Kier alpha value is -2.93. The van der Waals surface area contributed by atoms with Crippen LogP contribution >= 0.6 is 0 Å². The lowest BCUT2D eigenvalue weighted by Gasteiger charge is -2.31. The number of nitrogens with zero attached hydrogens (tertiary/aromatic N) is 4. The van der Waals surface area contributed by atoms with Crippen LogP contribution in [0.4, 0.5) is 11.5 Å². The van der Waals surface area contributed by atoms with Crippen molar-refractivity contribution in [3.63, 3.8) is 0 Å². The molecule has 1 saturated heterocycles. The van der Waals surface area contributed by atoms with E-state index >= 15 is 0 Å². The second-order valence-electron chi connectivity index (χ2n) is 6.79. The number of hydrogen-bond donors (Lipinski definition) is 2. The van der Waals surface area contributed by atoms with Crippen molar-refractivity contribution in [3.05, 3.63) is 66.0 Å². The molecule has 0 amide bonds. The molecule has 3 N–H and O–H groups in total. The molecule has 0 saturated carbocycles. The predicted molar refractivity (Wildman–Crippen MR) is 104 cm³/mol. The highest BCUT2D eigenvalue weighted by atomic mass is 16.4. The fourth-order valence-corrected chi connectivity index (χ4v) is 3.40. The molecule has 4 rings (SSSR count). The summed E-state index contributed by atoms with van der Waals surface area (Å²) in [4.78, 5) is 6.73. The lowest BCUT2D eigenvalue weighted by atomic mass is 9.97. The molecule has 1 aliphatic rings. The maximum absolute atomic E-state index is 5.96. The predicted octanol–water partition coefficient (Wildman–Crippen LogP) is 2.72. The molecule has 1 aliphatic heterocycles. The van der Waals surface area contributed by atoms with E-state index in [2.05, 4.69) is 31.5 Å². The summed E-state index contributed by atoms with van der Waals surface area (Å²) >= 11 is 0. The Labute approximate surface area is 158 Å². The van der Waals surface area contributed by atoms with Crippen molar-refractivity contribution in [1.82, 2.24) is 20.5 Å². The van der Waals surface area contributed by atoms with Gasteiger partial charge >= 0.3 is 0 Å². The molecule has 3 heterocycles. The van der Waals surface area contributed by atoms with E-state index in [0.717, 1.165) is 48.9 Å². The lowest BCUT2D eigenvalue weighted by molar-refractivity contribution is 0.369. The van der Waals surface area contributed by atoms with Crippen LogP contribution in [0.25, 0.3) is 0 Å². The van der Waals surface area contributed by atoms with Crippen LogP contribution in [-0.4, -0.2) is 28.3 Å². The van der Waals surface area contributed by atoms with Crippen molar-refractivity contribution >= 4 is 11.5 Å². The zero-order valence-electron chi connectivity index (χ0n) is 15.2. The van der Waals surface area contributed by atoms with E-state index < -0.39 is 0 Å². The van der Waals surface area contributed by atoms with Gasteiger partial charge < -0.3 is 20.4 Å². The van der Waals surface area contributed by atoms with Crippen LogP contribution < -0.4 is 16.0 Å². The monoisotopic (exact) mass is 364 g/mol. The van der Waals surface area contributed by atoms with Gasteiger partial charge in [-0.25, -0.2) is 4.98 Å². The van der Waals surface area contributed by atoms with E-state index in [0.29, 0.717) is 24.9 Å². The number of para-hydroxylation sites is 1. The Bertz CT molecular complexity index is 858. The zero-order chi connectivity index (χ0) is 18.5. The SMILES string of the molecule is Nc1ccccc1CNCc1nnc(C2CCN(c3ccccn3)CC2)o1. The molecule has 7 nitrogen and oxygen atoms in total. The molecule has 7 heteroatoms. The second-order valence-corrected chi connectivity index (χ2v) is 6.79. The van der Waals surface area contributed by atoms with Gasteiger partial charge in [0, 0.05) is 37.4 Å². The molecule has 140 valence electrons. The van der Waals surface area contributed by atoms with Gasteiger partial charge in [0.15, 0.2) is 0 Å². The number of hydrogen-bond acceptors (Lipinski definition) is 7. The minimum absolute atomic E-state index is 0.316. The highest BCUT2D eigenvalue weighted by Gasteiger charge is 2.25. The van der Waals surface area contributed by atoms with E-state index in [9.17, 15) is 0 Å². The van der Waals surface area contributed by atoms with Crippen molar-refractivity contribution in [3.8, 4) is 0 Å². The molecule has 2 aromatic heterocycles. The molecular formula is C20H24N6O. The Kier molecular flexibility index (Phi) is 5.29. The second kappa shape index (κ2) is 8.18. The average Bonchev–Trinajstić information content (AvgIpc) is 3.19. The minimum Gasteiger partial charge on any atom is -0.424 e. The third kappa shape index (κ3) is 4.25. The molecule has 3 aromatic rings. The first-order chi connectivity index (χ1) is 13.3.